The van der Waals surface area contributed by atoms with Crippen molar-refractivity contribution in [2.75, 3.05) is 26.7 Å². The Kier molecular flexibility index (Phi) is 28.7. The van der Waals surface area contributed by atoms with E-state index >= 15 is 14.4 Å². The van der Waals surface area contributed by atoms with Crippen LogP contribution in [-0.2, 0) is 57.4 Å². The monoisotopic (exact) mass is 1630 g/mol. The number of carboxylic acids is 1. The van der Waals surface area contributed by atoms with Gasteiger partial charge in [0.15, 0.2) is 29.9 Å². The third-order valence-electron chi connectivity index (χ3n) is 20.5. The molecule has 18 atom stereocenters. The number of hydrogen-bond acceptors (Lipinski definition) is 26. The lowest BCUT2D eigenvalue weighted by atomic mass is 9.85. The predicted molar refractivity (Wildman–Crippen MR) is 406 cm³/mol. The van der Waals surface area contributed by atoms with Crippen molar-refractivity contribution in [2.45, 2.75) is 208 Å². The maximum atomic E-state index is 16.2. The van der Waals surface area contributed by atoms with Gasteiger partial charge in [-0.25, -0.2) is 4.79 Å². The summed E-state index contributed by atoms with van der Waals surface area (Å²) in [4.78, 5) is 131. The first-order chi connectivity index (χ1) is 54.1. The third kappa shape index (κ3) is 20.1. The molecule has 0 saturated carbocycles. The smallest absolute Gasteiger partial charge is 0.330 e. The molecule has 5 aromatic carbocycles. The number of aliphatic carboxylic acids is 1. The number of benzene rings is 5. The number of primary amides is 1. The van der Waals surface area contributed by atoms with E-state index in [0.717, 1.165) is 112 Å². The molecular formula is C77H97Cl2N11O24. The van der Waals surface area contributed by atoms with Crippen molar-refractivity contribution in [3.05, 3.63) is 117 Å². The molecule has 2 saturated heterocycles. The van der Waals surface area contributed by atoms with E-state index in [9.17, 15) is 74.7 Å². The number of amides is 8. The van der Waals surface area contributed by atoms with E-state index < -0.39 is 231 Å². The highest BCUT2D eigenvalue weighted by Crippen LogP contribution is 2.50. The minimum atomic E-state index is -2.35. The van der Waals surface area contributed by atoms with Gasteiger partial charge in [0.25, 0.3) is 0 Å². The zero-order valence-corrected chi connectivity index (χ0v) is 64.7. The molecule has 12 rings (SSSR count). The van der Waals surface area contributed by atoms with Crippen molar-refractivity contribution < 1.29 is 118 Å². The second-order valence-electron chi connectivity index (χ2n) is 29.5. The van der Waals surface area contributed by atoms with E-state index in [1.54, 1.807) is 6.92 Å². The SMILES string of the molecule is CCCCCCCCCNC(=O)CN[C@@]1(C)C[C@H](O[C@H]2[C@H](Oc3c4cc5cc3Oc3ccc(cc3Cl)[C@@H](O)[C@@H](NC(=O)[C@@H](CC(C)C)NC)C(=O)N[C@@H](CC(N)=O)C(=O)N[C@H]5C(=O)N[C@H]3C(=O)N[C@H](C(=O)N[C@H](C(=O)O)c5cc(O)cc(O)c5-c5cc3ccc5O)[C@H](O)c3ccc(c(Cl)c3)O4)O[C@H](CN)[C@@H](O)[C@@H]2O)O[C@@H](C)[C@H]1O. The highest BCUT2D eigenvalue weighted by Gasteiger charge is 2.52. The summed E-state index contributed by atoms with van der Waals surface area (Å²) in [6, 6.07) is -0.546. The Hall–Kier alpha value is -9.73. The quantitative estimate of drug-likeness (QED) is 0.0395. The Balaban J connectivity index is 1.17. The average Bonchev–Trinajstić information content (AvgIpc) is 0.767. The van der Waals surface area contributed by atoms with Crippen molar-refractivity contribution in [3.63, 3.8) is 0 Å². The minimum absolute atomic E-state index is 0.103. The largest absolute Gasteiger partial charge is 0.508 e. The summed E-state index contributed by atoms with van der Waals surface area (Å²) < 4.78 is 39.5. The molecule has 35 nitrogen and oxygen atoms in total. The first-order valence-electron chi connectivity index (χ1n) is 37.4. The summed E-state index contributed by atoms with van der Waals surface area (Å²) in [5.41, 5.74) is 7.81. The van der Waals surface area contributed by atoms with Gasteiger partial charge in [-0.1, -0.05) is 101 Å². The number of rotatable bonds is 24. The molecule has 8 amide bonds. The molecule has 22 N–H and O–H groups in total. The van der Waals surface area contributed by atoms with E-state index in [2.05, 4.69) is 54.8 Å². The summed E-state index contributed by atoms with van der Waals surface area (Å²) in [5, 5.41) is 128. The van der Waals surface area contributed by atoms with Crippen molar-refractivity contribution in [1.29, 1.82) is 0 Å². The number of ether oxygens (including phenoxy) is 6. The molecule has 618 valence electrons. The van der Waals surface area contributed by atoms with Gasteiger partial charge < -0.3 is 134 Å². The van der Waals surface area contributed by atoms with Crippen LogP contribution in [0.1, 0.15) is 157 Å². The molecule has 0 aromatic heterocycles. The highest BCUT2D eigenvalue weighted by molar-refractivity contribution is 6.32. The third-order valence-corrected chi connectivity index (χ3v) is 21.1. The number of aliphatic hydroxyl groups excluding tert-OH is 5. The number of halogens is 2. The van der Waals surface area contributed by atoms with Crippen molar-refractivity contribution in [3.8, 4) is 57.1 Å². The zero-order chi connectivity index (χ0) is 82.9. The van der Waals surface area contributed by atoms with Gasteiger partial charge >= 0.3 is 5.97 Å². The summed E-state index contributed by atoms with van der Waals surface area (Å²) in [7, 11) is 1.48. The van der Waals surface area contributed by atoms with Crippen LogP contribution in [0, 0.1) is 5.92 Å². The van der Waals surface area contributed by atoms with Crippen LogP contribution in [0.2, 0.25) is 10.0 Å². The maximum absolute atomic E-state index is 16.2. The number of phenolic OH excluding ortho intramolecular Hbond substituents is 3. The van der Waals surface area contributed by atoms with Crippen LogP contribution in [0.25, 0.3) is 11.1 Å². The van der Waals surface area contributed by atoms with Gasteiger partial charge in [0.05, 0.1) is 41.3 Å². The van der Waals surface area contributed by atoms with Crippen LogP contribution in [-0.4, -0.2) is 205 Å². The summed E-state index contributed by atoms with van der Waals surface area (Å²) in [6.07, 6.45) is -11.2. The summed E-state index contributed by atoms with van der Waals surface area (Å²) >= 11 is 14.3. The molecule has 7 aliphatic rings. The Labute approximate surface area is 664 Å². The van der Waals surface area contributed by atoms with E-state index in [0.29, 0.717) is 6.54 Å². The molecule has 7 aliphatic heterocycles. The minimum Gasteiger partial charge on any atom is -0.508 e. The molecule has 0 aliphatic carbocycles. The Bertz CT molecular complexity index is 4410. The standard InChI is InChI=1S/C77H97Cl2N11O24/c1-7-8-9-10-11-12-13-20-83-54(95)32-84-77(5)30-55(109-34(4)68(77)100)113-67-65(99)64(98)52(31-80)112-76(67)114-66-50-25-38-26-51(66)111-49-19-16-37(24-43(49)79)63(97)61-74(106)88-59(75(107)108)41-27-39(91)28-47(93)56(41)40-22-35(14-17-46(40)92)57(71(103)90-61)87-72(104)58(38)86-70(102)45(29-53(81)94)85-73(105)60(89-69(101)44(82-6)21-33(2)3)62(96)36-15-18-48(110-50)42(78)23-36/h14-19,22-28,33-34,44-45,52,55,57-65,67-68,76,82,84,91-93,96-100H,7-13,20-21,29-32,80H2,1-6H3,(H2,81,94)(H,83,95)(H,85,105)(H,86,102)(H,87,104)(H,88,106)(H,89,101)(H,90,103)(H,107,108)/t34-,44+,45-,52+,55-,57+,58+,59-,60+,61-,62+,63+,64+,65-,67+,68+,76-,77-/m0/s1. The fourth-order valence-corrected chi connectivity index (χ4v) is 14.8. The van der Waals surface area contributed by atoms with Crippen LogP contribution in [0.3, 0.4) is 0 Å². The molecule has 114 heavy (non-hydrogen) atoms. The number of unbranched alkanes of at least 4 members (excludes halogenated alkanes) is 6. The number of aliphatic hydroxyl groups is 5. The number of nitrogens with one attached hydrogen (secondary N) is 9. The summed E-state index contributed by atoms with van der Waals surface area (Å²) in [6.45, 7) is 8.59. The average molecular weight is 1630 g/mol. The van der Waals surface area contributed by atoms with Crippen LogP contribution in [0.15, 0.2) is 78.9 Å². The number of carbonyl (C=O) groups excluding carboxylic acids is 8. The van der Waals surface area contributed by atoms with Gasteiger partial charge in [-0.05, 0) is 117 Å². The van der Waals surface area contributed by atoms with Gasteiger partial charge in [0, 0.05) is 47.8 Å². The molecule has 0 spiro atoms. The molecule has 2 fully saturated rings. The molecule has 5 aromatic rings. The van der Waals surface area contributed by atoms with Crippen LogP contribution in [0.5, 0.6) is 46.0 Å². The molecule has 7 heterocycles. The number of nitrogens with two attached hydrogens (primary N) is 2. The van der Waals surface area contributed by atoms with E-state index in [-0.39, 0.29) is 64.4 Å². The Morgan fingerprint density at radius 2 is 1.31 bits per heavy atom. The van der Waals surface area contributed by atoms with Crippen LogP contribution < -0.4 is 73.5 Å². The van der Waals surface area contributed by atoms with Gasteiger partial charge in [-0.3, -0.25) is 38.4 Å². The maximum Gasteiger partial charge on any atom is 0.330 e. The summed E-state index contributed by atoms with van der Waals surface area (Å²) in [5.74, 6) is -16.3. The number of likely N-dealkylation sites (N-methyl/N-ethyl adjacent to an activating group) is 1. The van der Waals surface area contributed by atoms with Gasteiger partial charge in [-0.2, -0.15) is 0 Å². The van der Waals surface area contributed by atoms with Gasteiger partial charge in [0.1, 0.15) is 89.5 Å². The lowest BCUT2D eigenvalue weighted by Gasteiger charge is -2.48. The molecule has 37 heteroatoms. The first-order valence-corrected chi connectivity index (χ1v) is 38.2. The van der Waals surface area contributed by atoms with Gasteiger partial charge in [-0.15, -0.1) is 0 Å². The molecular weight excluding hydrogens is 1530 g/mol. The lowest BCUT2D eigenvalue weighted by Crippen LogP contribution is -2.66. The van der Waals surface area contributed by atoms with Crippen LogP contribution in [0.4, 0.5) is 0 Å². The number of carboxylic acid groups (broad SMARTS) is 1. The Morgan fingerprint density at radius 1 is 0.693 bits per heavy atom. The number of phenols is 3. The number of carbonyl (C=O) groups is 9. The number of hydrogen-bond donors (Lipinski definition) is 20. The second kappa shape index (κ2) is 37.7. The normalized spacial score (nSPS) is 27.4. The van der Waals surface area contributed by atoms with E-state index in [1.165, 1.54) is 26.1 Å². The van der Waals surface area contributed by atoms with Crippen molar-refractivity contribution >= 4 is 76.4 Å². The Morgan fingerprint density at radius 3 is 1.92 bits per heavy atom. The fourth-order valence-electron chi connectivity index (χ4n) is 14.3. The van der Waals surface area contributed by atoms with E-state index in [1.807, 2.05) is 13.8 Å². The van der Waals surface area contributed by atoms with Gasteiger partial charge in [0.2, 0.25) is 59.3 Å². The molecule has 0 radical (unpaired) electrons. The topological polar surface area (TPSA) is 551 Å². The molecule has 0 unspecified atom stereocenters. The number of aromatic hydroxyl groups is 3. The first kappa shape index (κ1) is 86.7. The van der Waals surface area contributed by atoms with E-state index in [4.69, 9.17) is 63.1 Å². The second-order valence-corrected chi connectivity index (χ2v) is 30.3. The van der Waals surface area contributed by atoms with Crippen molar-refractivity contribution in [2.24, 2.45) is 17.4 Å². The predicted octanol–water partition coefficient (Wildman–Crippen LogP) is 2.57. The molecule has 11 bridgehead atoms. The number of fused-ring (bicyclic) bond motifs is 15. The zero-order valence-electron chi connectivity index (χ0n) is 63.1. The van der Waals surface area contributed by atoms with Crippen LogP contribution >= 0.6 is 23.2 Å². The van der Waals surface area contributed by atoms with Crippen molar-refractivity contribution in [1.82, 2.24) is 47.9 Å². The fraction of sp³-hybridized carbons (Fsp3) is 0.494. The lowest BCUT2D eigenvalue weighted by molar-refractivity contribution is -0.331. The highest BCUT2D eigenvalue weighted by atomic mass is 35.5.